The van der Waals surface area contributed by atoms with Crippen LogP contribution >= 0.6 is 0 Å². The van der Waals surface area contributed by atoms with Gasteiger partial charge in [-0.25, -0.2) is 0 Å². The third-order valence-electron chi connectivity index (χ3n) is 3.53. The largest absolute Gasteiger partial charge is 0.393 e. The molecule has 1 aromatic heterocycles. The maximum Gasteiger partial charge on any atom is 0.222 e. The average Bonchev–Trinajstić information content (AvgIpc) is 2.40. The van der Waals surface area contributed by atoms with Gasteiger partial charge in [0.05, 0.1) is 6.10 Å². The van der Waals surface area contributed by atoms with E-state index in [0.29, 0.717) is 32.4 Å². The maximum absolute atomic E-state index is 12.0. The molecule has 4 heteroatoms. The van der Waals surface area contributed by atoms with Crippen molar-refractivity contribution >= 4 is 5.91 Å². The lowest BCUT2D eigenvalue weighted by atomic mass is 9.96. The van der Waals surface area contributed by atoms with Crippen molar-refractivity contribution in [1.29, 1.82) is 0 Å². The quantitative estimate of drug-likeness (QED) is 0.875. The number of hydrogen-bond acceptors (Lipinski definition) is 3. The SMILES string of the molecule is CC1CN(C(=O)CCc2ccccn2)CCC1O. The van der Waals surface area contributed by atoms with Gasteiger partial charge in [-0.3, -0.25) is 9.78 Å². The molecule has 0 radical (unpaired) electrons. The van der Waals surface area contributed by atoms with Gasteiger partial charge in [0, 0.05) is 31.4 Å². The predicted octanol–water partition coefficient (Wildman–Crippen LogP) is 1.24. The van der Waals surface area contributed by atoms with Gasteiger partial charge in [0.2, 0.25) is 5.91 Å². The van der Waals surface area contributed by atoms with E-state index in [2.05, 4.69) is 4.98 Å². The average molecular weight is 248 g/mol. The highest BCUT2D eigenvalue weighted by atomic mass is 16.3. The monoisotopic (exact) mass is 248 g/mol. The van der Waals surface area contributed by atoms with Gasteiger partial charge in [-0.2, -0.15) is 0 Å². The van der Waals surface area contributed by atoms with E-state index in [1.54, 1.807) is 6.20 Å². The fourth-order valence-corrected chi connectivity index (χ4v) is 2.30. The lowest BCUT2D eigenvalue weighted by molar-refractivity contribution is -0.134. The molecule has 2 heterocycles. The van der Waals surface area contributed by atoms with E-state index in [9.17, 15) is 9.90 Å². The number of likely N-dealkylation sites (tertiary alicyclic amines) is 1. The van der Waals surface area contributed by atoms with Crippen LogP contribution in [0.4, 0.5) is 0 Å². The number of aliphatic hydroxyl groups is 1. The number of aryl methyl sites for hydroxylation is 1. The molecule has 1 fully saturated rings. The van der Waals surface area contributed by atoms with E-state index in [0.717, 1.165) is 5.69 Å². The van der Waals surface area contributed by atoms with Crippen molar-refractivity contribution in [1.82, 2.24) is 9.88 Å². The molecular formula is C14H20N2O2. The Morgan fingerprint density at radius 2 is 2.39 bits per heavy atom. The number of carbonyl (C=O) groups is 1. The zero-order chi connectivity index (χ0) is 13.0. The van der Waals surface area contributed by atoms with E-state index in [1.807, 2.05) is 30.0 Å². The molecule has 1 saturated heterocycles. The smallest absolute Gasteiger partial charge is 0.222 e. The molecular weight excluding hydrogens is 228 g/mol. The highest BCUT2D eigenvalue weighted by Gasteiger charge is 2.26. The molecule has 0 spiro atoms. The lowest BCUT2D eigenvalue weighted by Crippen LogP contribution is -2.45. The van der Waals surface area contributed by atoms with Gasteiger partial charge in [-0.15, -0.1) is 0 Å². The fourth-order valence-electron chi connectivity index (χ4n) is 2.30. The minimum atomic E-state index is -0.259. The molecule has 0 aliphatic carbocycles. The van der Waals surface area contributed by atoms with Crippen molar-refractivity contribution in [3.8, 4) is 0 Å². The van der Waals surface area contributed by atoms with E-state index in [-0.39, 0.29) is 17.9 Å². The van der Waals surface area contributed by atoms with E-state index in [1.165, 1.54) is 0 Å². The third-order valence-corrected chi connectivity index (χ3v) is 3.53. The summed E-state index contributed by atoms with van der Waals surface area (Å²) in [5.74, 6) is 0.344. The number of nitrogens with zero attached hydrogens (tertiary/aromatic N) is 2. The summed E-state index contributed by atoms with van der Waals surface area (Å²) in [5.41, 5.74) is 0.955. The van der Waals surface area contributed by atoms with Crippen LogP contribution in [0.1, 0.15) is 25.5 Å². The predicted molar refractivity (Wildman–Crippen MR) is 68.9 cm³/mol. The van der Waals surface area contributed by atoms with Gasteiger partial charge in [0.15, 0.2) is 0 Å². The molecule has 2 rings (SSSR count). The van der Waals surface area contributed by atoms with Gasteiger partial charge in [0.25, 0.3) is 0 Å². The number of aliphatic hydroxyl groups excluding tert-OH is 1. The second-order valence-electron chi connectivity index (χ2n) is 4.99. The number of amides is 1. The topological polar surface area (TPSA) is 53.4 Å². The molecule has 0 aromatic carbocycles. The maximum atomic E-state index is 12.0. The summed E-state index contributed by atoms with van der Waals surface area (Å²) in [5, 5.41) is 9.64. The summed E-state index contributed by atoms with van der Waals surface area (Å²) in [6, 6.07) is 5.75. The first-order valence-corrected chi connectivity index (χ1v) is 6.52. The highest BCUT2D eigenvalue weighted by Crippen LogP contribution is 2.17. The van der Waals surface area contributed by atoms with Crippen LogP contribution in [-0.2, 0) is 11.2 Å². The van der Waals surface area contributed by atoms with Gasteiger partial charge >= 0.3 is 0 Å². The van der Waals surface area contributed by atoms with E-state index >= 15 is 0 Å². The van der Waals surface area contributed by atoms with Crippen LogP contribution in [0.3, 0.4) is 0 Å². The van der Waals surface area contributed by atoms with Crippen molar-refractivity contribution in [2.45, 2.75) is 32.3 Å². The molecule has 4 nitrogen and oxygen atoms in total. The Hall–Kier alpha value is -1.42. The van der Waals surface area contributed by atoms with Crippen molar-refractivity contribution in [2.75, 3.05) is 13.1 Å². The Morgan fingerprint density at radius 3 is 3.06 bits per heavy atom. The lowest BCUT2D eigenvalue weighted by Gasteiger charge is -2.34. The van der Waals surface area contributed by atoms with Crippen LogP contribution in [-0.4, -0.2) is 40.1 Å². The Labute approximate surface area is 108 Å². The molecule has 1 aliphatic heterocycles. The molecule has 0 saturated carbocycles. The van der Waals surface area contributed by atoms with Crippen molar-refractivity contribution in [3.05, 3.63) is 30.1 Å². The Morgan fingerprint density at radius 1 is 1.56 bits per heavy atom. The van der Waals surface area contributed by atoms with Crippen LogP contribution in [0.25, 0.3) is 0 Å². The van der Waals surface area contributed by atoms with E-state index in [4.69, 9.17) is 0 Å². The molecule has 1 aromatic rings. The zero-order valence-electron chi connectivity index (χ0n) is 10.7. The second-order valence-corrected chi connectivity index (χ2v) is 4.99. The molecule has 1 amide bonds. The normalized spacial score (nSPS) is 24.0. The van der Waals surface area contributed by atoms with Crippen LogP contribution in [0.15, 0.2) is 24.4 Å². The number of rotatable bonds is 3. The number of pyridine rings is 1. The van der Waals surface area contributed by atoms with Crippen molar-refractivity contribution < 1.29 is 9.90 Å². The minimum absolute atomic E-state index is 0.166. The van der Waals surface area contributed by atoms with Crippen LogP contribution in [0.2, 0.25) is 0 Å². The highest BCUT2D eigenvalue weighted by molar-refractivity contribution is 5.76. The van der Waals surface area contributed by atoms with Crippen LogP contribution in [0, 0.1) is 5.92 Å². The standard InChI is InChI=1S/C14H20N2O2/c1-11-10-16(9-7-13(11)17)14(18)6-5-12-4-2-3-8-15-12/h2-4,8,11,13,17H,5-7,9-10H2,1H3. The van der Waals surface area contributed by atoms with Gasteiger partial charge in [-0.1, -0.05) is 13.0 Å². The number of carbonyl (C=O) groups excluding carboxylic acids is 1. The van der Waals surface area contributed by atoms with Gasteiger partial charge < -0.3 is 10.0 Å². The summed E-state index contributed by atoms with van der Waals surface area (Å²) >= 11 is 0. The molecule has 1 aliphatic rings. The summed E-state index contributed by atoms with van der Waals surface area (Å²) in [4.78, 5) is 18.1. The first-order valence-electron chi connectivity index (χ1n) is 6.52. The van der Waals surface area contributed by atoms with Gasteiger partial charge in [-0.05, 0) is 30.9 Å². The summed E-state index contributed by atoms with van der Waals surface area (Å²) in [6.07, 6.45) is 3.37. The summed E-state index contributed by atoms with van der Waals surface area (Å²) < 4.78 is 0. The van der Waals surface area contributed by atoms with E-state index < -0.39 is 0 Å². The van der Waals surface area contributed by atoms with Crippen LogP contribution < -0.4 is 0 Å². The van der Waals surface area contributed by atoms with Crippen molar-refractivity contribution in [3.63, 3.8) is 0 Å². The molecule has 0 bridgehead atoms. The zero-order valence-corrected chi connectivity index (χ0v) is 10.7. The molecule has 2 unspecified atom stereocenters. The van der Waals surface area contributed by atoms with Crippen LogP contribution in [0.5, 0.6) is 0 Å². The fraction of sp³-hybridized carbons (Fsp3) is 0.571. The number of piperidine rings is 1. The van der Waals surface area contributed by atoms with Gasteiger partial charge in [0.1, 0.15) is 0 Å². The Balaban J connectivity index is 1.82. The number of hydrogen-bond donors (Lipinski definition) is 1. The third kappa shape index (κ3) is 3.29. The number of aromatic nitrogens is 1. The molecule has 1 N–H and O–H groups in total. The second kappa shape index (κ2) is 5.96. The first-order chi connectivity index (χ1) is 8.66. The molecule has 2 atom stereocenters. The van der Waals surface area contributed by atoms with Crippen molar-refractivity contribution in [2.24, 2.45) is 5.92 Å². The molecule has 18 heavy (non-hydrogen) atoms. The Kier molecular flexibility index (Phi) is 4.31. The summed E-state index contributed by atoms with van der Waals surface area (Å²) in [7, 11) is 0. The summed E-state index contributed by atoms with van der Waals surface area (Å²) in [6.45, 7) is 3.33. The molecule has 98 valence electrons. The first kappa shape index (κ1) is 13.0. The Bertz CT molecular complexity index is 394. The minimum Gasteiger partial charge on any atom is -0.393 e.